The molecule has 4 nitrogen and oxygen atoms in total. The number of methoxy groups -OCH3 is 1. The second-order valence-corrected chi connectivity index (χ2v) is 6.18. The van der Waals surface area contributed by atoms with Crippen LogP contribution in [0.15, 0.2) is 58.2 Å². The van der Waals surface area contributed by atoms with Crippen molar-refractivity contribution in [2.24, 2.45) is 0 Å². The maximum atomic E-state index is 5.75. The Balaban J connectivity index is 1.58. The number of rotatable bonds is 6. The normalized spacial score (nSPS) is 10.7. The van der Waals surface area contributed by atoms with Crippen molar-refractivity contribution in [2.45, 2.75) is 18.6 Å². The molecular weight excluding hydrogens is 308 g/mol. The first kappa shape index (κ1) is 15.6. The summed E-state index contributed by atoms with van der Waals surface area (Å²) >= 11 is 1.58. The SMILES string of the molecule is COc1ccc(CCSc2nnc(-c3ccccc3C)o2)cc1. The van der Waals surface area contributed by atoms with Crippen molar-refractivity contribution in [3.8, 4) is 17.2 Å². The van der Waals surface area contributed by atoms with Crippen molar-refractivity contribution in [3.05, 3.63) is 59.7 Å². The van der Waals surface area contributed by atoms with Gasteiger partial charge in [0.25, 0.3) is 5.22 Å². The van der Waals surface area contributed by atoms with Crippen molar-refractivity contribution >= 4 is 11.8 Å². The van der Waals surface area contributed by atoms with Crippen molar-refractivity contribution in [1.29, 1.82) is 0 Å². The first-order valence-electron chi connectivity index (χ1n) is 7.41. The van der Waals surface area contributed by atoms with Gasteiger partial charge in [-0.3, -0.25) is 0 Å². The molecule has 118 valence electrons. The fourth-order valence-corrected chi connectivity index (χ4v) is 2.99. The Morgan fingerprint density at radius 2 is 1.83 bits per heavy atom. The molecular formula is C18H18N2O2S. The number of benzene rings is 2. The molecule has 0 atom stereocenters. The van der Waals surface area contributed by atoms with Gasteiger partial charge in [-0.15, -0.1) is 10.2 Å². The van der Waals surface area contributed by atoms with Crippen molar-refractivity contribution in [2.75, 3.05) is 12.9 Å². The van der Waals surface area contributed by atoms with Gasteiger partial charge in [0.1, 0.15) is 5.75 Å². The molecule has 1 heterocycles. The Hall–Kier alpha value is -2.27. The predicted molar refractivity (Wildman–Crippen MR) is 91.9 cm³/mol. The average Bonchev–Trinajstić information content (AvgIpc) is 3.04. The smallest absolute Gasteiger partial charge is 0.276 e. The zero-order valence-corrected chi connectivity index (χ0v) is 14.0. The first-order valence-corrected chi connectivity index (χ1v) is 8.40. The quantitative estimate of drug-likeness (QED) is 0.629. The topological polar surface area (TPSA) is 48.2 Å². The van der Waals surface area contributed by atoms with Crippen LogP contribution in [-0.4, -0.2) is 23.1 Å². The van der Waals surface area contributed by atoms with Crippen LogP contribution >= 0.6 is 11.8 Å². The lowest BCUT2D eigenvalue weighted by atomic mass is 10.1. The van der Waals surface area contributed by atoms with Gasteiger partial charge >= 0.3 is 0 Å². The Morgan fingerprint density at radius 3 is 2.57 bits per heavy atom. The Labute approximate surface area is 139 Å². The van der Waals surface area contributed by atoms with Gasteiger partial charge in [0.15, 0.2) is 0 Å². The summed E-state index contributed by atoms with van der Waals surface area (Å²) in [4.78, 5) is 0. The summed E-state index contributed by atoms with van der Waals surface area (Å²) in [7, 11) is 1.67. The van der Waals surface area contributed by atoms with E-state index < -0.39 is 0 Å². The summed E-state index contributed by atoms with van der Waals surface area (Å²) in [5, 5.41) is 8.87. The fourth-order valence-electron chi connectivity index (χ4n) is 2.24. The van der Waals surface area contributed by atoms with E-state index in [-0.39, 0.29) is 0 Å². The molecule has 0 N–H and O–H groups in total. The molecule has 0 aliphatic rings. The van der Waals surface area contributed by atoms with E-state index in [2.05, 4.69) is 22.3 Å². The van der Waals surface area contributed by atoms with Gasteiger partial charge in [-0.05, 0) is 42.7 Å². The van der Waals surface area contributed by atoms with Crippen LogP contribution in [-0.2, 0) is 6.42 Å². The molecule has 3 aromatic rings. The van der Waals surface area contributed by atoms with Gasteiger partial charge in [-0.1, -0.05) is 42.1 Å². The van der Waals surface area contributed by atoms with Crippen molar-refractivity contribution in [1.82, 2.24) is 10.2 Å². The molecule has 0 saturated heterocycles. The Kier molecular flexibility index (Phi) is 4.98. The van der Waals surface area contributed by atoms with Crippen LogP contribution in [0.3, 0.4) is 0 Å². The highest BCUT2D eigenvalue weighted by Gasteiger charge is 2.10. The van der Waals surface area contributed by atoms with Gasteiger partial charge in [0, 0.05) is 11.3 Å². The molecule has 5 heteroatoms. The lowest BCUT2D eigenvalue weighted by Gasteiger charge is -2.02. The third-order valence-corrected chi connectivity index (χ3v) is 4.38. The van der Waals surface area contributed by atoms with Gasteiger partial charge < -0.3 is 9.15 Å². The standard InChI is InChI=1S/C18H18N2O2S/c1-13-5-3-4-6-16(13)17-19-20-18(22-17)23-12-11-14-7-9-15(21-2)10-8-14/h3-10H,11-12H2,1-2H3. The van der Waals surface area contributed by atoms with Crippen LogP contribution in [0.2, 0.25) is 0 Å². The van der Waals surface area contributed by atoms with E-state index in [0.717, 1.165) is 29.1 Å². The zero-order valence-electron chi connectivity index (χ0n) is 13.2. The number of aryl methyl sites for hydroxylation is 2. The van der Waals surface area contributed by atoms with Gasteiger partial charge in [-0.25, -0.2) is 0 Å². The van der Waals surface area contributed by atoms with E-state index in [9.17, 15) is 0 Å². The molecule has 0 aliphatic heterocycles. The molecule has 0 radical (unpaired) electrons. The lowest BCUT2D eigenvalue weighted by molar-refractivity contribution is 0.414. The van der Waals surface area contributed by atoms with E-state index in [1.165, 1.54) is 5.56 Å². The molecule has 0 saturated carbocycles. The first-order chi connectivity index (χ1) is 11.3. The molecule has 2 aromatic carbocycles. The third-order valence-electron chi connectivity index (χ3n) is 3.56. The maximum Gasteiger partial charge on any atom is 0.276 e. The van der Waals surface area contributed by atoms with Gasteiger partial charge in [0.2, 0.25) is 5.89 Å². The molecule has 0 bridgehead atoms. The summed E-state index contributed by atoms with van der Waals surface area (Å²) in [6.45, 7) is 2.04. The number of hydrogen-bond acceptors (Lipinski definition) is 5. The predicted octanol–water partition coefficient (Wildman–Crippen LogP) is 4.39. The highest BCUT2D eigenvalue weighted by Crippen LogP contribution is 2.26. The van der Waals surface area contributed by atoms with Crippen LogP contribution in [0.4, 0.5) is 0 Å². The van der Waals surface area contributed by atoms with E-state index in [1.807, 2.05) is 43.3 Å². The number of aromatic nitrogens is 2. The Bertz CT molecular complexity index is 769. The second kappa shape index (κ2) is 7.33. The summed E-state index contributed by atoms with van der Waals surface area (Å²) in [6, 6.07) is 16.1. The van der Waals surface area contributed by atoms with E-state index >= 15 is 0 Å². The van der Waals surface area contributed by atoms with E-state index in [1.54, 1.807) is 18.9 Å². The number of nitrogens with zero attached hydrogens (tertiary/aromatic N) is 2. The largest absolute Gasteiger partial charge is 0.497 e. The lowest BCUT2D eigenvalue weighted by Crippen LogP contribution is -1.89. The zero-order chi connectivity index (χ0) is 16.1. The fraction of sp³-hybridized carbons (Fsp3) is 0.222. The number of ether oxygens (including phenoxy) is 1. The monoisotopic (exact) mass is 326 g/mol. The Morgan fingerprint density at radius 1 is 1.04 bits per heavy atom. The molecule has 3 rings (SSSR count). The molecule has 0 unspecified atom stereocenters. The summed E-state index contributed by atoms with van der Waals surface area (Å²) in [6.07, 6.45) is 0.941. The molecule has 0 amide bonds. The minimum absolute atomic E-state index is 0.579. The van der Waals surface area contributed by atoms with Crippen LogP contribution in [0, 0.1) is 6.92 Å². The molecule has 0 aliphatic carbocycles. The second-order valence-electron chi connectivity index (χ2n) is 5.13. The highest BCUT2D eigenvalue weighted by molar-refractivity contribution is 7.99. The van der Waals surface area contributed by atoms with E-state index in [0.29, 0.717) is 11.1 Å². The minimum atomic E-state index is 0.579. The summed E-state index contributed by atoms with van der Waals surface area (Å²) in [5.41, 5.74) is 3.38. The maximum absolute atomic E-state index is 5.75. The number of thioether (sulfide) groups is 1. The van der Waals surface area contributed by atoms with E-state index in [4.69, 9.17) is 9.15 Å². The highest BCUT2D eigenvalue weighted by atomic mass is 32.2. The van der Waals surface area contributed by atoms with Crippen molar-refractivity contribution in [3.63, 3.8) is 0 Å². The molecule has 1 aromatic heterocycles. The summed E-state index contributed by atoms with van der Waals surface area (Å²) < 4.78 is 10.9. The number of hydrogen-bond donors (Lipinski definition) is 0. The molecule has 0 fully saturated rings. The van der Waals surface area contributed by atoms with Crippen LogP contribution in [0.1, 0.15) is 11.1 Å². The van der Waals surface area contributed by atoms with Crippen LogP contribution in [0.25, 0.3) is 11.5 Å². The van der Waals surface area contributed by atoms with Gasteiger partial charge in [0.05, 0.1) is 7.11 Å². The van der Waals surface area contributed by atoms with Gasteiger partial charge in [-0.2, -0.15) is 0 Å². The summed E-state index contributed by atoms with van der Waals surface area (Å²) in [5.74, 6) is 2.35. The molecule has 23 heavy (non-hydrogen) atoms. The minimum Gasteiger partial charge on any atom is -0.497 e. The van der Waals surface area contributed by atoms with Crippen molar-refractivity contribution < 1.29 is 9.15 Å². The van der Waals surface area contributed by atoms with Crippen LogP contribution < -0.4 is 4.74 Å². The molecule has 0 spiro atoms. The van der Waals surface area contributed by atoms with Crippen LogP contribution in [0.5, 0.6) is 5.75 Å². The average molecular weight is 326 g/mol. The third kappa shape index (κ3) is 3.93.